The van der Waals surface area contributed by atoms with Crippen molar-refractivity contribution in [2.45, 2.75) is 62.9 Å². The third kappa shape index (κ3) is 3.70. The highest BCUT2D eigenvalue weighted by atomic mass is 16.3. The number of nitrogens with zero attached hydrogens (tertiary/aromatic N) is 6. The standard InChI is InChI=1S/C26H35N7O2/c1-25(2,35)20-12-31(13-20)21-6-5-17(9-27-21)19-10-32(11-19)24(34)33-14-26(15-33)7-18(8-26)23-28-22(29-30-23)16-3-4-16/h5-6,9,16,18-20,35H,3-4,7-8,10-15H2,1-2H3,(H,28,29,30). The molecule has 3 saturated heterocycles. The molecule has 2 aliphatic carbocycles. The molecular weight excluding hydrogens is 442 g/mol. The normalized spacial score (nSPS) is 24.7. The number of aromatic nitrogens is 4. The van der Waals surface area contributed by atoms with Gasteiger partial charge in [-0.2, -0.15) is 0 Å². The highest BCUT2D eigenvalue weighted by Gasteiger charge is 2.56. The van der Waals surface area contributed by atoms with Crippen LogP contribution in [0.25, 0.3) is 0 Å². The molecule has 7 rings (SSSR count). The maximum absolute atomic E-state index is 12.9. The van der Waals surface area contributed by atoms with Gasteiger partial charge in [0.25, 0.3) is 0 Å². The van der Waals surface area contributed by atoms with Gasteiger partial charge < -0.3 is 24.8 Å². The Morgan fingerprint density at radius 2 is 1.69 bits per heavy atom. The van der Waals surface area contributed by atoms with E-state index >= 15 is 0 Å². The number of anilines is 1. The minimum absolute atomic E-state index is 0.189. The molecule has 3 aliphatic heterocycles. The van der Waals surface area contributed by atoms with Crippen molar-refractivity contribution in [3.05, 3.63) is 35.5 Å². The molecule has 0 aromatic carbocycles. The molecule has 2 amide bonds. The van der Waals surface area contributed by atoms with Crippen LogP contribution in [0.4, 0.5) is 10.6 Å². The molecule has 0 atom stereocenters. The van der Waals surface area contributed by atoms with Crippen LogP contribution in [0.2, 0.25) is 0 Å². The van der Waals surface area contributed by atoms with Crippen molar-refractivity contribution < 1.29 is 9.90 Å². The molecule has 5 fully saturated rings. The first-order valence-corrected chi connectivity index (χ1v) is 13.2. The van der Waals surface area contributed by atoms with Crippen LogP contribution in [0, 0.1) is 11.3 Å². The molecular formula is C26H35N7O2. The number of likely N-dealkylation sites (tertiary alicyclic amines) is 2. The number of hydrogen-bond donors (Lipinski definition) is 2. The molecule has 2 saturated carbocycles. The van der Waals surface area contributed by atoms with Gasteiger partial charge in [0.2, 0.25) is 0 Å². The number of aliphatic hydroxyl groups is 1. The molecule has 35 heavy (non-hydrogen) atoms. The van der Waals surface area contributed by atoms with E-state index < -0.39 is 5.60 Å². The predicted octanol–water partition coefficient (Wildman–Crippen LogP) is 2.68. The molecule has 2 aromatic rings. The van der Waals surface area contributed by atoms with Crippen LogP contribution >= 0.6 is 0 Å². The number of carbonyl (C=O) groups is 1. The average Bonchev–Trinajstić information content (AvgIpc) is 3.42. The summed E-state index contributed by atoms with van der Waals surface area (Å²) < 4.78 is 0. The maximum atomic E-state index is 12.9. The van der Waals surface area contributed by atoms with E-state index in [1.807, 2.05) is 29.8 Å². The molecule has 1 spiro atoms. The van der Waals surface area contributed by atoms with Crippen LogP contribution < -0.4 is 4.90 Å². The lowest BCUT2D eigenvalue weighted by molar-refractivity contribution is -0.0601. The second-order valence-corrected chi connectivity index (χ2v) is 12.4. The number of nitrogens with one attached hydrogen (secondary N) is 1. The Bertz CT molecular complexity index is 1110. The van der Waals surface area contributed by atoms with Gasteiger partial charge in [0.1, 0.15) is 17.5 Å². The van der Waals surface area contributed by atoms with Crippen molar-refractivity contribution in [3.63, 3.8) is 0 Å². The largest absolute Gasteiger partial charge is 0.390 e. The Morgan fingerprint density at radius 3 is 2.29 bits per heavy atom. The molecule has 2 N–H and O–H groups in total. The molecule has 186 valence electrons. The fourth-order valence-corrected chi connectivity index (χ4v) is 6.33. The zero-order chi connectivity index (χ0) is 23.9. The first-order chi connectivity index (χ1) is 16.8. The number of aromatic amines is 1. The second kappa shape index (κ2) is 7.41. The second-order valence-electron chi connectivity index (χ2n) is 12.4. The number of carbonyl (C=O) groups excluding carboxylic acids is 1. The van der Waals surface area contributed by atoms with Gasteiger partial charge in [-0.15, -0.1) is 10.2 Å². The van der Waals surface area contributed by atoms with E-state index in [1.165, 1.54) is 18.4 Å². The Labute approximate surface area is 205 Å². The minimum Gasteiger partial charge on any atom is -0.390 e. The Balaban J connectivity index is 0.858. The number of hydrogen-bond acceptors (Lipinski definition) is 6. The van der Waals surface area contributed by atoms with Crippen molar-refractivity contribution >= 4 is 11.8 Å². The zero-order valence-electron chi connectivity index (χ0n) is 20.7. The van der Waals surface area contributed by atoms with Crippen LogP contribution in [-0.4, -0.2) is 86.0 Å². The summed E-state index contributed by atoms with van der Waals surface area (Å²) in [6.07, 6.45) is 6.67. The van der Waals surface area contributed by atoms with Gasteiger partial charge in [-0.05, 0) is 51.2 Å². The van der Waals surface area contributed by atoms with E-state index in [9.17, 15) is 9.90 Å². The Kier molecular flexibility index (Phi) is 4.57. The first kappa shape index (κ1) is 21.6. The van der Waals surface area contributed by atoms with Gasteiger partial charge in [0.05, 0.1) is 5.60 Å². The van der Waals surface area contributed by atoms with Crippen molar-refractivity contribution in [1.29, 1.82) is 0 Å². The quantitative estimate of drug-likeness (QED) is 0.687. The molecule has 2 aromatic heterocycles. The lowest BCUT2D eigenvalue weighted by Crippen LogP contribution is -2.67. The predicted molar refractivity (Wildman–Crippen MR) is 130 cm³/mol. The SMILES string of the molecule is CC(C)(O)C1CN(c2ccc(C3CN(C(=O)N4CC5(CC(c6nnc(C7CC7)[nH]6)C5)C4)C3)cn2)C1. The first-order valence-electron chi connectivity index (χ1n) is 13.2. The van der Waals surface area contributed by atoms with E-state index in [-0.39, 0.29) is 6.03 Å². The number of H-pyrrole nitrogens is 1. The van der Waals surface area contributed by atoms with Crippen molar-refractivity contribution in [2.24, 2.45) is 11.3 Å². The molecule has 5 heterocycles. The van der Waals surface area contributed by atoms with Crippen LogP contribution in [0.3, 0.4) is 0 Å². The lowest BCUT2D eigenvalue weighted by atomic mass is 9.57. The van der Waals surface area contributed by atoms with Gasteiger partial charge in [-0.1, -0.05) is 6.07 Å². The summed E-state index contributed by atoms with van der Waals surface area (Å²) >= 11 is 0. The van der Waals surface area contributed by atoms with E-state index in [4.69, 9.17) is 0 Å². The summed E-state index contributed by atoms with van der Waals surface area (Å²) in [5, 5.41) is 18.8. The van der Waals surface area contributed by atoms with Gasteiger partial charge in [0.15, 0.2) is 0 Å². The summed E-state index contributed by atoms with van der Waals surface area (Å²) in [7, 11) is 0. The fraction of sp³-hybridized carbons (Fsp3) is 0.692. The number of rotatable bonds is 5. The molecule has 9 heteroatoms. The molecule has 5 aliphatic rings. The van der Waals surface area contributed by atoms with Gasteiger partial charge in [-0.3, -0.25) is 0 Å². The Hall–Kier alpha value is -2.68. The van der Waals surface area contributed by atoms with Crippen LogP contribution in [0.15, 0.2) is 18.3 Å². The van der Waals surface area contributed by atoms with E-state index in [0.29, 0.717) is 29.1 Å². The van der Waals surface area contributed by atoms with Gasteiger partial charge in [-0.25, -0.2) is 9.78 Å². The third-order valence-electron chi connectivity index (χ3n) is 9.15. The van der Waals surface area contributed by atoms with Crippen LogP contribution in [-0.2, 0) is 0 Å². The van der Waals surface area contributed by atoms with Crippen molar-refractivity contribution in [2.75, 3.05) is 44.2 Å². The van der Waals surface area contributed by atoms with Crippen LogP contribution in [0.1, 0.15) is 74.5 Å². The van der Waals surface area contributed by atoms with Gasteiger partial charge >= 0.3 is 6.03 Å². The third-order valence-corrected chi connectivity index (χ3v) is 9.15. The molecule has 0 radical (unpaired) electrons. The van der Waals surface area contributed by atoms with Crippen molar-refractivity contribution in [3.8, 4) is 0 Å². The summed E-state index contributed by atoms with van der Waals surface area (Å²) in [5.74, 6) is 4.86. The zero-order valence-corrected chi connectivity index (χ0v) is 20.7. The summed E-state index contributed by atoms with van der Waals surface area (Å²) in [6.45, 7) is 8.76. The monoisotopic (exact) mass is 477 g/mol. The van der Waals surface area contributed by atoms with Crippen LogP contribution in [0.5, 0.6) is 0 Å². The number of amides is 2. The van der Waals surface area contributed by atoms with E-state index in [2.05, 4.69) is 37.2 Å². The molecule has 9 nitrogen and oxygen atoms in total. The van der Waals surface area contributed by atoms with Gasteiger partial charge in [0, 0.05) is 74.6 Å². The molecule has 0 unspecified atom stereocenters. The minimum atomic E-state index is -0.634. The number of urea groups is 1. The highest BCUT2D eigenvalue weighted by Crippen LogP contribution is 2.56. The topological polar surface area (TPSA) is 101 Å². The summed E-state index contributed by atoms with van der Waals surface area (Å²) in [4.78, 5) is 27.2. The fourth-order valence-electron chi connectivity index (χ4n) is 6.33. The highest BCUT2D eigenvalue weighted by molar-refractivity contribution is 5.77. The van der Waals surface area contributed by atoms with E-state index in [0.717, 1.165) is 69.6 Å². The molecule has 0 bridgehead atoms. The number of pyridine rings is 1. The van der Waals surface area contributed by atoms with Crippen molar-refractivity contribution in [1.82, 2.24) is 30.0 Å². The Morgan fingerprint density at radius 1 is 1.00 bits per heavy atom. The summed E-state index contributed by atoms with van der Waals surface area (Å²) in [5.41, 5.74) is 0.875. The average molecular weight is 478 g/mol. The smallest absolute Gasteiger partial charge is 0.320 e. The van der Waals surface area contributed by atoms with E-state index in [1.54, 1.807) is 0 Å². The maximum Gasteiger partial charge on any atom is 0.320 e. The lowest BCUT2D eigenvalue weighted by Gasteiger charge is -2.59. The summed E-state index contributed by atoms with van der Waals surface area (Å²) in [6, 6.07) is 4.42.